The number of rotatable bonds is 3. The maximum atomic E-state index is 6.07. The van der Waals surface area contributed by atoms with Gasteiger partial charge < -0.3 is 10.5 Å². The van der Waals surface area contributed by atoms with Crippen molar-refractivity contribution >= 4 is 39.9 Å². The molecule has 0 fully saturated rings. The van der Waals surface area contributed by atoms with Gasteiger partial charge in [-0.15, -0.1) is 0 Å². The van der Waals surface area contributed by atoms with Crippen LogP contribution in [0.2, 0.25) is 5.02 Å². The molecule has 0 amide bonds. The second-order valence-electron chi connectivity index (χ2n) is 3.55. The smallest absolute Gasteiger partial charge is 0.120 e. The third-order valence-corrected chi connectivity index (χ3v) is 3.36. The molecule has 0 aromatic heterocycles. The van der Waals surface area contributed by atoms with Gasteiger partial charge >= 0.3 is 0 Å². The fraction of sp³-hybridized carbons (Fsp3) is 0.0769. The highest BCUT2D eigenvalue weighted by molar-refractivity contribution is 14.1. The molecule has 0 aliphatic rings. The van der Waals surface area contributed by atoms with E-state index in [9.17, 15) is 0 Å². The van der Waals surface area contributed by atoms with Gasteiger partial charge in [-0.2, -0.15) is 0 Å². The fourth-order valence-electron chi connectivity index (χ4n) is 1.44. The molecule has 0 spiro atoms. The molecule has 2 aromatic rings. The average Bonchev–Trinajstić information content (AvgIpc) is 2.28. The minimum atomic E-state index is 0.381. The van der Waals surface area contributed by atoms with Crippen molar-refractivity contribution in [3.8, 4) is 5.75 Å². The molecule has 0 unspecified atom stereocenters. The van der Waals surface area contributed by atoms with E-state index >= 15 is 0 Å². The zero-order valence-electron chi connectivity index (χ0n) is 8.99. The van der Waals surface area contributed by atoms with Gasteiger partial charge in [0.15, 0.2) is 0 Å². The lowest BCUT2D eigenvalue weighted by Gasteiger charge is -2.10. The molecule has 0 aliphatic carbocycles. The van der Waals surface area contributed by atoms with Crippen molar-refractivity contribution in [3.05, 3.63) is 56.6 Å². The van der Waals surface area contributed by atoms with Gasteiger partial charge in [-0.25, -0.2) is 0 Å². The van der Waals surface area contributed by atoms with E-state index < -0.39 is 0 Å². The van der Waals surface area contributed by atoms with E-state index in [2.05, 4.69) is 22.6 Å². The second-order valence-corrected chi connectivity index (χ2v) is 5.21. The van der Waals surface area contributed by atoms with E-state index in [-0.39, 0.29) is 0 Å². The van der Waals surface area contributed by atoms with Crippen molar-refractivity contribution in [2.45, 2.75) is 6.61 Å². The van der Waals surface area contributed by atoms with Crippen LogP contribution in [-0.4, -0.2) is 0 Å². The second kappa shape index (κ2) is 5.60. The topological polar surface area (TPSA) is 35.2 Å². The Morgan fingerprint density at radius 1 is 1.18 bits per heavy atom. The van der Waals surface area contributed by atoms with Crippen molar-refractivity contribution < 1.29 is 4.74 Å². The van der Waals surface area contributed by atoms with Crippen LogP contribution in [0.3, 0.4) is 0 Å². The van der Waals surface area contributed by atoms with Crippen LogP contribution in [0.15, 0.2) is 42.5 Å². The standard InChI is InChI=1S/C13H11ClINO/c14-12-5-2-6-13(16)11(12)8-17-10-4-1-3-9(15)7-10/h1-7H,8,16H2. The first-order valence-corrected chi connectivity index (χ1v) is 6.54. The first kappa shape index (κ1) is 12.5. The number of anilines is 1. The van der Waals surface area contributed by atoms with Gasteiger partial charge in [0.1, 0.15) is 12.4 Å². The number of nitrogen functional groups attached to an aromatic ring is 1. The van der Waals surface area contributed by atoms with E-state index in [1.807, 2.05) is 42.5 Å². The Balaban J connectivity index is 2.13. The Bertz CT molecular complexity index is 510. The largest absolute Gasteiger partial charge is 0.489 e. The number of benzene rings is 2. The van der Waals surface area contributed by atoms with Crippen LogP contribution < -0.4 is 10.5 Å². The number of nitrogens with two attached hydrogens (primary N) is 1. The van der Waals surface area contributed by atoms with E-state index in [0.29, 0.717) is 17.3 Å². The summed E-state index contributed by atoms with van der Waals surface area (Å²) in [5.74, 6) is 0.816. The molecule has 88 valence electrons. The predicted octanol–water partition coefficient (Wildman–Crippen LogP) is 4.11. The quantitative estimate of drug-likeness (QED) is 0.661. The van der Waals surface area contributed by atoms with Gasteiger partial charge in [0.2, 0.25) is 0 Å². The molecule has 2 rings (SSSR count). The molecule has 0 aliphatic heterocycles. The molecule has 0 bridgehead atoms. The van der Waals surface area contributed by atoms with Crippen LogP contribution in [0.4, 0.5) is 5.69 Å². The summed E-state index contributed by atoms with van der Waals surface area (Å²) < 4.78 is 6.80. The van der Waals surface area contributed by atoms with Crippen LogP contribution in [0, 0.1) is 3.57 Å². The highest BCUT2D eigenvalue weighted by Gasteiger charge is 2.05. The number of hydrogen-bond donors (Lipinski definition) is 1. The number of ether oxygens (including phenoxy) is 1. The highest BCUT2D eigenvalue weighted by atomic mass is 127. The molecule has 0 atom stereocenters. The van der Waals surface area contributed by atoms with Gasteiger partial charge in [0.25, 0.3) is 0 Å². The van der Waals surface area contributed by atoms with E-state index in [4.69, 9.17) is 22.1 Å². The summed E-state index contributed by atoms with van der Waals surface area (Å²) in [7, 11) is 0. The summed E-state index contributed by atoms with van der Waals surface area (Å²) in [6.45, 7) is 0.381. The van der Waals surface area contributed by atoms with Gasteiger partial charge in [0.05, 0.1) is 0 Å². The van der Waals surface area contributed by atoms with Crippen molar-refractivity contribution in [2.24, 2.45) is 0 Å². The first-order chi connectivity index (χ1) is 8.16. The minimum Gasteiger partial charge on any atom is -0.489 e. The lowest BCUT2D eigenvalue weighted by molar-refractivity contribution is 0.307. The molecule has 0 saturated heterocycles. The third kappa shape index (κ3) is 3.26. The average molecular weight is 360 g/mol. The van der Waals surface area contributed by atoms with Crippen molar-refractivity contribution in [3.63, 3.8) is 0 Å². The fourth-order valence-corrected chi connectivity index (χ4v) is 2.19. The summed E-state index contributed by atoms with van der Waals surface area (Å²) in [5, 5.41) is 0.635. The van der Waals surface area contributed by atoms with Crippen LogP contribution in [0.5, 0.6) is 5.75 Å². The molecule has 17 heavy (non-hydrogen) atoms. The van der Waals surface area contributed by atoms with Gasteiger partial charge in [-0.05, 0) is 52.9 Å². The number of hydrogen-bond acceptors (Lipinski definition) is 2. The summed E-state index contributed by atoms with van der Waals surface area (Å²) in [6.07, 6.45) is 0. The molecule has 0 heterocycles. The van der Waals surface area contributed by atoms with Crippen molar-refractivity contribution in [1.82, 2.24) is 0 Å². The molecule has 4 heteroatoms. The summed E-state index contributed by atoms with van der Waals surface area (Å²) in [4.78, 5) is 0. The Morgan fingerprint density at radius 2 is 1.94 bits per heavy atom. The van der Waals surface area contributed by atoms with Crippen LogP contribution in [0.25, 0.3) is 0 Å². The Labute approximate surface area is 119 Å². The minimum absolute atomic E-state index is 0.381. The van der Waals surface area contributed by atoms with Crippen LogP contribution in [0.1, 0.15) is 5.56 Å². The van der Waals surface area contributed by atoms with Gasteiger partial charge in [0, 0.05) is 19.8 Å². The zero-order valence-corrected chi connectivity index (χ0v) is 11.9. The van der Waals surface area contributed by atoms with E-state index in [0.717, 1.165) is 14.9 Å². The van der Waals surface area contributed by atoms with Crippen molar-refractivity contribution in [2.75, 3.05) is 5.73 Å². The lowest BCUT2D eigenvalue weighted by Crippen LogP contribution is -2.01. The molecule has 2 N–H and O–H groups in total. The predicted molar refractivity (Wildman–Crippen MR) is 79.4 cm³/mol. The summed E-state index contributed by atoms with van der Waals surface area (Å²) >= 11 is 8.31. The maximum Gasteiger partial charge on any atom is 0.120 e. The van der Waals surface area contributed by atoms with E-state index in [1.54, 1.807) is 0 Å². The normalized spacial score (nSPS) is 10.2. The highest BCUT2D eigenvalue weighted by Crippen LogP contribution is 2.24. The van der Waals surface area contributed by atoms with E-state index in [1.165, 1.54) is 0 Å². The van der Waals surface area contributed by atoms with Gasteiger partial charge in [-0.1, -0.05) is 23.7 Å². The molecule has 2 aromatic carbocycles. The molecular formula is C13H11ClINO. The molecule has 2 nitrogen and oxygen atoms in total. The Hall–Kier alpha value is -0.940. The van der Waals surface area contributed by atoms with Crippen molar-refractivity contribution in [1.29, 1.82) is 0 Å². The Morgan fingerprint density at radius 3 is 2.65 bits per heavy atom. The molecule has 0 radical (unpaired) electrons. The zero-order chi connectivity index (χ0) is 12.3. The SMILES string of the molecule is Nc1cccc(Cl)c1COc1cccc(I)c1. The molecular weight excluding hydrogens is 349 g/mol. The van der Waals surface area contributed by atoms with Crippen LogP contribution >= 0.6 is 34.2 Å². The Kier molecular flexibility index (Phi) is 4.12. The number of halogens is 2. The summed E-state index contributed by atoms with van der Waals surface area (Å²) in [5.41, 5.74) is 7.33. The third-order valence-electron chi connectivity index (χ3n) is 2.33. The monoisotopic (exact) mass is 359 g/mol. The first-order valence-electron chi connectivity index (χ1n) is 5.08. The van der Waals surface area contributed by atoms with Gasteiger partial charge in [-0.3, -0.25) is 0 Å². The molecule has 0 saturated carbocycles. The lowest BCUT2D eigenvalue weighted by atomic mass is 10.2. The maximum absolute atomic E-state index is 6.07. The summed E-state index contributed by atoms with van der Waals surface area (Å²) in [6, 6.07) is 13.3. The van der Waals surface area contributed by atoms with Crippen LogP contribution in [-0.2, 0) is 6.61 Å².